The van der Waals surface area contributed by atoms with Crippen LogP contribution in [0.4, 0.5) is 0 Å². The van der Waals surface area contributed by atoms with Crippen LogP contribution in [0.3, 0.4) is 0 Å². The summed E-state index contributed by atoms with van der Waals surface area (Å²) in [4.78, 5) is 6.85. The van der Waals surface area contributed by atoms with Crippen LogP contribution in [0.5, 0.6) is 0 Å². The minimum Gasteiger partial charge on any atom is -0.377 e. The summed E-state index contributed by atoms with van der Waals surface area (Å²) >= 11 is 0. The van der Waals surface area contributed by atoms with Gasteiger partial charge in [0.2, 0.25) is 10.0 Å². The summed E-state index contributed by atoms with van der Waals surface area (Å²) in [5, 5.41) is 3.32. The number of hydrogen-bond acceptors (Lipinski definition) is 4. The highest BCUT2D eigenvalue weighted by Gasteiger charge is 2.25. The van der Waals surface area contributed by atoms with Crippen molar-refractivity contribution in [2.45, 2.75) is 45.1 Å². The molecule has 2 atom stereocenters. The molecule has 2 fully saturated rings. The van der Waals surface area contributed by atoms with E-state index < -0.39 is 10.0 Å². The fraction of sp³-hybridized carbons (Fsp3) is 0.682. The van der Waals surface area contributed by atoms with Gasteiger partial charge in [-0.05, 0) is 50.5 Å². The van der Waals surface area contributed by atoms with Crippen molar-refractivity contribution in [1.82, 2.24) is 14.9 Å². The highest BCUT2D eigenvalue weighted by Crippen LogP contribution is 2.21. The molecule has 7 nitrogen and oxygen atoms in total. The second-order valence-corrected chi connectivity index (χ2v) is 10.1. The maximum atomic E-state index is 12.3. The second-order valence-electron chi connectivity index (χ2n) is 8.18. The van der Waals surface area contributed by atoms with Crippen molar-refractivity contribution in [3.8, 4) is 0 Å². The normalized spacial score (nSPS) is 22.2. The number of nitrogens with zero attached hydrogens (tertiary/aromatic N) is 2. The molecule has 0 amide bonds. The lowest BCUT2D eigenvalue weighted by molar-refractivity contribution is 0.0200. The van der Waals surface area contributed by atoms with Crippen molar-refractivity contribution in [3.05, 3.63) is 35.9 Å². The number of ether oxygens (including phenoxy) is 1. The molecule has 0 bridgehead atoms. The van der Waals surface area contributed by atoms with E-state index in [2.05, 4.69) is 44.2 Å². The molecule has 0 aliphatic carbocycles. The zero-order valence-electron chi connectivity index (χ0n) is 18.5. The molecule has 2 unspecified atom stereocenters. The molecule has 2 heterocycles. The standard InChI is InChI=1S/C22H36N4O3S.HI/c1-2-23-22(26-13-11-20(18-26)16-19-8-4-3-5-9-19)24-12-15-30(27,28)25-17-21-10-6-7-14-29-21;/h3-5,8-9,20-21,25H,2,6-7,10-18H2,1H3,(H,23,24);1H. The Labute approximate surface area is 204 Å². The Kier molecular flexibility index (Phi) is 11.6. The van der Waals surface area contributed by atoms with Gasteiger partial charge in [0.1, 0.15) is 0 Å². The van der Waals surface area contributed by atoms with E-state index in [-0.39, 0.29) is 42.4 Å². The third-order valence-electron chi connectivity index (χ3n) is 5.71. The second kappa shape index (κ2) is 13.6. The van der Waals surface area contributed by atoms with Crippen molar-refractivity contribution in [2.24, 2.45) is 10.9 Å². The van der Waals surface area contributed by atoms with Gasteiger partial charge in [0.15, 0.2) is 5.96 Å². The van der Waals surface area contributed by atoms with Crippen molar-refractivity contribution in [3.63, 3.8) is 0 Å². The molecule has 2 saturated heterocycles. The van der Waals surface area contributed by atoms with Crippen LogP contribution in [0.15, 0.2) is 35.3 Å². The predicted octanol–water partition coefficient (Wildman–Crippen LogP) is 2.62. The van der Waals surface area contributed by atoms with Crippen LogP contribution in [-0.4, -0.2) is 70.5 Å². The molecule has 0 saturated carbocycles. The van der Waals surface area contributed by atoms with E-state index in [0.717, 1.165) is 64.3 Å². The maximum absolute atomic E-state index is 12.3. The van der Waals surface area contributed by atoms with Gasteiger partial charge in [-0.2, -0.15) is 0 Å². The number of halogens is 1. The summed E-state index contributed by atoms with van der Waals surface area (Å²) in [6.07, 6.45) is 5.28. The predicted molar refractivity (Wildman–Crippen MR) is 137 cm³/mol. The van der Waals surface area contributed by atoms with E-state index in [1.807, 2.05) is 13.0 Å². The smallest absolute Gasteiger partial charge is 0.213 e. The largest absolute Gasteiger partial charge is 0.377 e. The number of guanidine groups is 1. The lowest BCUT2D eigenvalue weighted by Gasteiger charge is -2.23. The van der Waals surface area contributed by atoms with E-state index >= 15 is 0 Å². The van der Waals surface area contributed by atoms with E-state index in [1.165, 1.54) is 5.56 Å². The molecule has 2 aliphatic heterocycles. The number of sulfonamides is 1. The number of rotatable bonds is 9. The Bertz CT molecular complexity index is 770. The van der Waals surface area contributed by atoms with Gasteiger partial charge >= 0.3 is 0 Å². The van der Waals surface area contributed by atoms with Crippen molar-refractivity contribution < 1.29 is 13.2 Å². The van der Waals surface area contributed by atoms with Gasteiger partial charge in [-0.25, -0.2) is 13.1 Å². The number of benzene rings is 1. The summed E-state index contributed by atoms with van der Waals surface area (Å²) in [5.41, 5.74) is 1.37. The third-order valence-corrected chi connectivity index (χ3v) is 7.04. The molecule has 9 heteroatoms. The summed E-state index contributed by atoms with van der Waals surface area (Å²) in [6.45, 7) is 6.04. The summed E-state index contributed by atoms with van der Waals surface area (Å²) in [7, 11) is -3.35. The molecule has 2 N–H and O–H groups in total. The van der Waals surface area contributed by atoms with Crippen LogP contribution < -0.4 is 10.0 Å². The first-order valence-electron chi connectivity index (χ1n) is 11.2. The van der Waals surface area contributed by atoms with Gasteiger partial charge in [0, 0.05) is 32.8 Å². The monoisotopic (exact) mass is 564 g/mol. The van der Waals surface area contributed by atoms with E-state index in [9.17, 15) is 8.42 Å². The molecule has 0 aromatic heterocycles. The van der Waals surface area contributed by atoms with Gasteiger partial charge in [-0.1, -0.05) is 30.3 Å². The van der Waals surface area contributed by atoms with Crippen LogP contribution in [0, 0.1) is 5.92 Å². The molecule has 2 aliphatic rings. The summed E-state index contributed by atoms with van der Waals surface area (Å²) in [5.74, 6) is 1.41. The average Bonchev–Trinajstić information content (AvgIpc) is 3.21. The molecular formula is C22H37IN4O3S. The summed E-state index contributed by atoms with van der Waals surface area (Å²) in [6, 6.07) is 10.6. The van der Waals surface area contributed by atoms with Crippen molar-refractivity contribution >= 4 is 40.0 Å². The van der Waals surface area contributed by atoms with Crippen LogP contribution in [0.25, 0.3) is 0 Å². The topological polar surface area (TPSA) is 83.0 Å². The zero-order chi connectivity index (χ0) is 21.2. The number of likely N-dealkylation sites (tertiary alicyclic amines) is 1. The van der Waals surface area contributed by atoms with Gasteiger partial charge in [-0.15, -0.1) is 24.0 Å². The van der Waals surface area contributed by atoms with Crippen molar-refractivity contribution in [1.29, 1.82) is 0 Å². The quantitative estimate of drug-likeness (QED) is 0.274. The Morgan fingerprint density at radius 1 is 1.23 bits per heavy atom. The summed E-state index contributed by atoms with van der Waals surface area (Å²) < 4.78 is 32.9. The Balaban J connectivity index is 0.00000341. The highest BCUT2D eigenvalue weighted by molar-refractivity contribution is 14.0. The van der Waals surface area contributed by atoms with E-state index in [0.29, 0.717) is 12.5 Å². The molecule has 1 aromatic rings. The van der Waals surface area contributed by atoms with Gasteiger partial charge < -0.3 is 15.0 Å². The first-order chi connectivity index (χ1) is 14.6. The van der Waals surface area contributed by atoms with Crippen LogP contribution in [0.2, 0.25) is 0 Å². The van der Waals surface area contributed by atoms with Crippen LogP contribution in [-0.2, 0) is 21.2 Å². The molecule has 0 spiro atoms. The highest BCUT2D eigenvalue weighted by atomic mass is 127. The van der Waals surface area contributed by atoms with Crippen LogP contribution in [0.1, 0.15) is 38.2 Å². The first kappa shape index (κ1) is 26.3. The molecule has 0 radical (unpaired) electrons. The molecule has 176 valence electrons. The Morgan fingerprint density at radius 3 is 2.74 bits per heavy atom. The Hall–Kier alpha value is -0.910. The SMILES string of the molecule is CCNC(=NCCS(=O)(=O)NCC1CCCCO1)N1CCC(Cc2ccccc2)C1.I. The number of nitrogens with one attached hydrogen (secondary N) is 2. The Morgan fingerprint density at radius 2 is 2.03 bits per heavy atom. The van der Waals surface area contributed by atoms with E-state index in [1.54, 1.807) is 0 Å². The number of aliphatic imine (C=N–C) groups is 1. The third kappa shape index (κ3) is 9.23. The van der Waals surface area contributed by atoms with Gasteiger partial charge in [-0.3, -0.25) is 4.99 Å². The first-order valence-corrected chi connectivity index (χ1v) is 12.9. The minimum absolute atomic E-state index is 0. The molecule has 31 heavy (non-hydrogen) atoms. The lowest BCUT2D eigenvalue weighted by atomic mass is 9.99. The minimum atomic E-state index is -3.35. The van der Waals surface area contributed by atoms with Crippen molar-refractivity contribution in [2.75, 3.05) is 45.1 Å². The molecule has 1 aromatic carbocycles. The lowest BCUT2D eigenvalue weighted by Crippen LogP contribution is -2.41. The van der Waals surface area contributed by atoms with Gasteiger partial charge in [0.25, 0.3) is 0 Å². The zero-order valence-corrected chi connectivity index (χ0v) is 21.6. The maximum Gasteiger partial charge on any atom is 0.213 e. The van der Waals surface area contributed by atoms with E-state index in [4.69, 9.17) is 4.74 Å². The number of hydrogen-bond donors (Lipinski definition) is 2. The fourth-order valence-corrected chi connectivity index (χ4v) is 5.01. The molecule has 3 rings (SSSR count). The van der Waals surface area contributed by atoms with Gasteiger partial charge in [0.05, 0.1) is 18.4 Å². The fourth-order valence-electron chi connectivity index (χ4n) is 4.10. The molecular weight excluding hydrogens is 527 g/mol. The average molecular weight is 565 g/mol. The van der Waals surface area contributed by atoms with Crippen LogP contribution >= 0.6 is 24.0 Å².